The van der Waals surface area contributed by atoms with Gasteiger partial charge in [-0.2, -0.15) is 8.42 Å². The monoisotopic (exact) mass is 973 g/mol. The van der Waals surface area contributed by atoms with E-state index in [0.717, 1.165) is 64.2 Å². The maximum Gasteiger partial charge on any atom is 0.306 e. The first kappa shape index (κ1) is 63.1. The lowest BCUT2D eigenvalue weighted by Gasteiger charge is -2.40. The van der Waals surface area contributed by atoms with Crippen molar-refractivity contribution in [3.05, 3.63) is 24.3 Å². The molecule has 1 fully saturated rings. The highest BCUT2D eigenvalue weighted by Crippen LogP contribution is 2.24. The van der Waals surface area contributed by atoms with Crippen LogP contribution in [0.4, 0.5) is 0 Å². The normalized spacial score (nSPS) is 19.4. The minimum Gasteiger partial charge on any atom is -0.462 e. The summed E-state index contributed by atoms with van der Waals surface area (Å²) in [6, 6.07) is 0. The Balaban J connectivity index is 2.31. The molecule has 0 bridgehead atoms. The lowest BCUT2D eigenvalue weighted by atomic mass is 10.00. The summed E-state index contributed by atoms with van der Waals surface area (Å²) in [5.74, 6) is -1.99. The maximum absolute atomic E-state index is 12.9. The molecule has 1 heterocycles. The van der Waals surface area contributed by atoms with Gasteiger partial charge in [0, 0.05) is 12.8 Å². The van der Waals surface area contributed by atoms with Crippen LogP contribution in [0.15, 0.2) is 24.3 Å². The number of aliphatic hydroxyl groups excluding tert-OH is 3. The molecule has 0 spiro atoms. The Labute approximate surface area is 408 Å². The molecule has 13 heteroatoms. The Morgan fingerprint density at radius 1 is 0.507 bits per heavy atom. The first-order valence-electron chi connectivity index (χ1n) is 27.4. The third kappa shape index (κ3) is 38.6. The largest absolute Gasteiger partial charge is 0.462 e. The summed E-state index contributed by atoms with van der Waals surface area (Å²) in [5.41, 5.74) is 0. The van der Waals surface area contributed by atoms with Crippen LogP contribution in [0.2, 0.25) is 0 Å². The fourth-order valence-corrected chi connectivity index (χ4v) is 9.22. The zero-order valence-corrected chi connectivity index (χ0v) is 43.3. The van der Waals surface area contributed by atoms with Crippen molar-refractivity contribution in [3.8, 4) is 0 Å². The van der Waals surface area contributed by atoms with E-state index in [-0.39, 0.29) is 19.4 Å². The van der Waals surface area contributed by atoms with Crippen molar-refractivity contribution in [1.29, 1.82) is 0 Å². The quantitative estimate of drug-likeness (QED) is 0.0196. The number of unbranched alkanes of at least 4 members (excludes halogenated alkanes) is 31. The zero-order valence-electron chi connectivity index (χ0n) is 42.5. The molecule has 1 aliphatic rings. The molecule has 0 radical (unpaired) electrons. The smallest absolute Gasteiger partial charge is 0.306 e. The number of carbonyl (C=O) groups is 2. The number of allylic oxidation sites excluding steroid dienone is 4. The van der Waals surface area contributed by atoms with Gasteiger partial charge < -0.3 is 34.3 Å². The molecule has 67 heavy (non-hydrogen) atoms. The maximum atomic E-state index is 12.9. The Bertz CT molecular complexity index is 1320. The molecule has 0 aromatic carbocycles. The molecule has 6 unspecified atom stereocenters. The fourth-order valence-electron chi connectivity index (χ4n) is 8.53. The average Bonchev–Trinajstić information content (AvgIpc) is 3.30. The van der Waals surface area contributed by atoms with Gasteiger partial charge >= 0.3 is 11.9 Å². The second-order valence-corrected chi connectivity index (χ2v) is 20.8. The molecular weight excluding hydrogens is 873 g/mol. The van der Waals surface area contributed by atoms with Gasteiger partial charge in [0.1, 0.15) is 36.8 Å². The summed E-state index contributed by atoms with van der Waals surface area (Å²) < 4.78 is 54.3. The highest BCUT2D eigenvalue weighted by atomic mass is 32.2. The molecule has 0 amide bonds. The van der Waals surface area contributed by atoms with E-state index in [4.69, 9.17) is 18.9 Å². The minimum absolute atomic E-state index is 0.151. The fraction of sp³-hybridized carbons (Fsp3) is 0.889. The van der Waals surface area contributed by atoms with E-state index >= 15 is 0 Å². The van der Waals surface area contributed by atoms with Crippen LogP contribution in [0.25, 0.3) is 0 Å². The number of rotatable bonds is 47. The highest BCUT2D eigenvalue weighted by Gasteiger charge is 2.46. The van der Waals surface area contributed by atoms with E-state index in [1.807, 2.05) is 0 Å². The summed E-state index contributed by atoms with van der Waals surface area (Å²) in [5, 5.41) is 31.0. The van der Waals surface area contributed by atoms with Crippen molar-refractivity contribution < 1.29 is 56.8 Å². The van der Waals surface area contributed by atoms with Crippen molar-refractivity contribution in [2.75, 3.05) is 19.0 Å². The molecule has 1 saturated heterocycles. The molecule has 4 N–H and O–H groups in total. The van der Waals surface area contributed by atoms with Crippen molar-refractivity contribution in [3.63, 3.8) is 0 Å². The second kappa shape index (κ2) is 44.1. The number of carbonyl (C=O) groups excluding carboxylic acids is 2. The van der Waals surface area contributed by atoms with Crippen LogP contribution in [-0.4, -0.2) is 96.0 Å². The number of hydrogen-bond acceptors (Lipinski definition) is 11. The lowest BCUT2D eigenvalue weighted by molar-refractivity contribution is -0.297. The Morgan fingerprint density at radius 2 is 0.896 bits per heavy atom. The molecular formula is C54H100O12S. The van der Waals surface area contributed by atoms with Crippen LogP contribution in [0.5, 0.6) is 0 Å². The van der Waals surface area contributed by atoms with Gasteiger partial charge in [-0.3, -0.25) is 14.1 Å². The van der Waals surface area contributed by atoms with Crippen LogP contribution in [0.3, 0.4) is 0 Å². The first-order valence-corrected chi connectivity index (χ1v) is 29.0. The van der Waals surface area contributed by atoms with Gasteiger partial charge in [0.25, 0.3) is 10.1 Å². The summed E-state index contributed by atoms with van der Waals surface area (Å²) >= 11 is 0. The molecule has 0 aromatic heterocycles. The van der Waals surface area contributed by atoms with Crippen LogP contribution in [0.1, 0.15) is 251 Å². The van der Waals surface area contributed by atoms with Crippen LogP contribution >= 0.6 is 0 Å². The molecule has 0 aliphatic carbocycles. The lowest BCUT2D eigenvalue weighted by Crippen LogP contribution is -2.60. The van der Waals surface area contributed by atoms with Gasteiger partial charge in [-0.25, -0.2) is 0 Å². The number of hydrogen-bond donors (Lipinski definition) is 4. The van der Waals surface area contributed by atoms with Crippen molar-refractivity contribution in [1.82, 2.24) is 0 Å². The van der Waals surface area contributed by atoms with Crippen LogP contribution in [-0.2, 0) is 38.7 Å². The van der Waals surface area contributed by atoms with Crippen molar-refractivity contribution in [2.45, 2.75) is 288 Å². The van der Waals surface area contributed by atoms with Gasteiger partial charge in [0.2, 0.25) is 0 Å². The van der Waals surface area contributed by atoms with E-state index in [2.05, 4.69) is 38.2 Å². The van der Waals surface area contributed by atoms with Gasteiger partial charge in [-0.1, -0.05) is 218 Å². The molecule has 6 atom stereocenters. The van der Waals surface area contributed by atoms with E-state index in [0.29, 0.717) is 12.8 Å². The third-order valence-electron chi connectivity index (χ3n) is 12.8. The van der Waals surface area contributed by atoms with Gasteiger partial charge in [0.05, 0.1) is 6.61 Å². The number of esters is 2. The zero-order chi connectivity index (χ0) is 49.1. The van der Waals surface area contributed by atoms with Crippen molar-refractivity contribution >= 4 is 22.1 Å². The number of ether oxygens (including phenoxy) is 4. The Hall–Kier alpha value is -1.87. The van der Waals surface area contributed by atoms with Gasteiger partial charge in [0.15, 0.2) is 12.4 Å². The predicted octanol–water partition coefficient (Wildman–Crippen LogP) is 12.7. The summed E-state index contributed by atoms with van der Waals surface area (Å²) in [6.07, 6.45) is 42.2. The standard InChI is InChI=1S/C54H100O12S/c1-3-5-7-9-11-13-15-17-19-21-22-23-24-25-26-27-29-30-32-34-36-38-40-42-49(55)63-44-47(45-64-54-53(59)52(58)51(57)48(66-54)46-67(60,61)62)65-50(56)43-41-39-37-35-33-31-28-20-18-16-14-12-10-8-6-4-2/h14,16,20,28,47-48,51-54,57-59H,3-13,15,17-19,21-27,29-46H2,1-2H3,(H,60,61,62)/b16-14-,28-20-. The number of aliphatic hydroxyl groups is 3. The second-order valence-electron chi connectivity index (χ2n) is 19.3. The van der Waals surface area contributed by atoms with Crippen LogP contribution in [0, 0.1) is 0 Å². The Kier molecular flexibility index (Phi) is 41.6. The van der Waals surface area contributed by atoms with Crippen molar-refractivity contribution in [2.24, 2.45) is 0 Å². The molecule has 394 valence electrons. The third-order valence-corrected chi connectivity index (χ3v) is 13.5. The van der Waals surface area contributed by atoms with E-state index in [1.54, 1.807) is 0 Å². The summed E-state index contributed by atoms with van der Waals surface area (Å²) in [7, 11) is -4.61. The first-order chi connectivity index (χ1) is 32.5. The summed E-state index contributed by atoms with van der Waals surface area (Å²) in [6.45, 7) is 3.78. The van der Waals surface area contributed by atoms with Crippen LogP contribution < -0.4 is 0 Å². The van der Waals surface area contributed by atoms with E-state index < -0.39 is 71.2 Å². The van der Waals surface area contributed by atoms with Gasteiger partial charge in [-0.15, -0.1) is 0 Å². The predicted molar refractivity (Wildman–Crippen MR) is 270 cm³/mol. The van der Waals surface area contributed by atoms with E-state index in [9.17, 15) is 37.9 Å². The molecule has 1 aliphatic heterocycles. The molecule has 1 rings (SSSR count). The average molecular weight is 973 g/mol. The summed E-state index contributed by atoms with van der Waals surface area (Å²) in [4.78, 5) is 25.6. The van der Waals surface area contributed by atoms with Gasteiger partial charge in [-0.05, 0) is 44.9 Å². The van der Waals surface area contributed by atoms with E-state index in [1.165, 1.54) is 148 Å². The Morgan fingerprint density at radius 3 is 1.33 bits per heavy atom. The topological polar surface area (TPSA) is 186 Å². The molecule has 0 saturated carbocycles. The molecule has 12 nitrogen and oxygen atoms in total. The highest BCUT2D eigenvalue weighted by molar-refractivity contribution is 7.85. The molecule has 0 aromatic rings. The minimum atomic E-state index is -4.61. The SMILES string of the molecule is CCCCCC/C=C\C/C=C\CCCCCCCC(=O)OC(COC(=O)CCCCCCCCCCCCCCCCCCCCCCCCC)COC1OC(CS(=O)(=O)O)C(O)C(O)C1O.